The topological polar surface area (TPSA) is 56.6 Å². The zero-order chi connectivity index (χ0) is 12.5. The Morgan fingerprint density at radius 1 is 1.33 bits per heavy atom. The minimum atomic E-state index is 0.210. The molecular formula is C15H12N2O. The molecule has 88 valence electrons. The second-order valence-electron chi connectivity index (χ2n) is 4.52. The van der Waals surface area contributed by atoms with E-state index in [0.29, 0.717) is 6.42 Å². The van der Waals surface area contributed by atoms with Gasteiger partial charge in [-0.1, -0.05) is 6.07 Å². The average Bonchev–Trinajstić information content (AvgIpc) is 2.76. The van der Waals surface area contributed by atoms with Crippen LogP contribution in [0.4, 0.5) is 0 Å². The van der Waals surface area contributed by atoms with Crippen LogP contribution >= 0.6 is 0 Å². The van der Waals surface area contributed by atoms with E-state index in [1.807, 2.05) is 24.3 Å². The lowest BCUT2D eigenvalue weighted by Gasteiger charge is -2.09. The van der Waals surface area contributed by atoms with Crippen molar-refractivity contribution in [2.24, 2.45) is 0 Å². The number of hydrogen-bond donors (Lipinski definition) is 1. The minimum absolute atomic E-state index is 0.210. The fourth-order valence-electron chi connectivity index (χ4n) is 2.55. The van der Waals surface area contributed by atoms with Crippen molar-refractivity contribution in [1.82, 2.24) is 4.98 Å². The molecule has 0 bridgehead atoms. The normalized spacial score (nSPS) is 14.9. The Kier molecular flexibility index (Phi) is 2.49. The summed E-state index contributed by atoms with van der Waals surface area (Å²) < 4.78 is 0. The third-order valence-electron chi connectivity index (χ3n) is 3.39. The number of benzene rings is 1. The van der Waals surface area contributed by atoms with Crippen LogP contribution in [0, 0.1) is 11.3 Å². The Labute approximate surface area is 105 Å². The molecule has 1 aliphatic rings. The van der Waals surface area contributed by atoms with Gasteiger partial charge < -0.3 is 4.98 Å². The zero-order valence-electron chi connectivity index (χ0n) is 9.86. The van der Waals surface area contributed by atoms with E-state index in [2.05, 4.69) is 4.98 Å². The van der Waals surface area contributed by atoms with Crippen LogP contribution in [0.2, 0.25) is 0 Å². The number of rotatable bonds is 1. The standard InChI is InChI=1S/C15H12N2O/c16-8-2-3-10-6-7-13-12(9-10)11-4-1-5-14(18)15(11)17-13/h2-3,6-7,9,17H,1,4-5H2. The van der Waals surface area contributed by atoms with Gasteiger partial charge in [0.25, 0.3) is 0 Å². The van der Waals surface area contributed by atoms with Gasteiger partial charge in [-0.2, -0.15) is 5.26 Å². The van der Waals surface area contributed by atoms with Gasteiger partial charge in [-0.15, -0.1) is 0 Å². The van der Waals surface area contributed by atoms with Crippen molar-refractivity contribution < 1.29 is 4.79 Å². The minimum Gasteiger partial charge on any atom is -0.352 e. The number of hydrogen-bond acceptors (Lipinski definition) is 2. The van der Waals surface area contributed by atoms with Gasteiger partial charge in [0.2, 0.25) is 0 Å². The van der Waals surface area contributed by atoms with E-state index in [0.717, 1.165) is 40.6 Å². The molecule has 3 heteroatoms. The fraction of sp³-hybridized carbons (Fsp3) is 0.200. The molecule has 0 amide bonds. The van der Waals surface area contributed by atoms with Crippen LogP contribution in [0.1, 0.15) is 34.5 Å². The average molecular weight is 236 g/mol. The quantitative estimate of drug-likeness (QED) is 0.773. The summed E-state index contributed by atoms with van der Waals surface area (Å²) in [6, 6.07) is 7.94. The van der Waals surface area contributed by atoms with Crippen molar-refractivity contribution in [2.45, 2.75) is 19.3 Å². The second kappa shape index (κ2) is 4.15. The number of aromatic amines is 1. The SMILES string of the molecule is N#CC=Cc1ccc2[nH]c3c(c2c1)CCCC3=O. The molecule has 3 nitrogen and oxygen atoms in total. The smallest absolute Gasteiger partial charge is 0.179 e. The summed E-state index contributed by atoms with van der Waals surface area (Å²) in [5, 5.41) is 9.65. The third kappa shape index (κ3) is 1.63. The number of nitriles is 1. The first-order valence-electron chi connectivity index (χ1n) is 6.03. The lowest BCUT2D eigenvalue weighted by atomic mass is 9.94. The van der Waals surface area contributed by atoms with Crippen molar-refractivity contribution in [2.75, 3.05) is 0 Å². The van der Waals surface area contributed by atoms with E-state index in [9.17, 15) is 4.79 Å². The molecule has 0 spiro atoms. The predicted molar refractivity (Wildman–Crippen MR) is 70.2 cm³/mol. The molecule has 0 radical (unpaired) electrons. The molecule has 3 rings (SSSR count). The number of ketones is 1. The molecule has 1 heterocycles. The number of carbonyl (C=O) groups excluding carboxylic acids is 1. The van der Waals surface area contributed by atoms with Crippen LogP contribution in [0.25, 0.3) is 17.0 Å². The van der Waals surface area contributed by atoms with Crippen LogP contribution < -0.4 is 0 Å². The molecule has 2 aromatic rings. The van der Waals surface area contributed by atoms with Crippen LogP contribution in [-0.2, 0) is 6.42 Å². The Balaban J connectivity index is 2.19. The van der Waals surface area contributed by atoms with Crippen molar-refractivity contribution in [3.8, 4) is 6.07 Å². The van der Waals surface area contributed by atoms with Crippen molar-refractivity contribution in [1.29, 1.82) is 5.26 Å². The first kappa shape index (κ1) is 10.8. The summed E-state index contributed by atoms with van der Waals surface area (Å²) in [7, 11) is 0. The number of H-pyrrole nitrogens is 1. The number of carbonyl (C=O) groups is 1. The highest BCUT2D eigenvalue weighted by Gasteiger charge is 2.21. The fourth-order valence-corrected chi connectivity index (χ4v) is 2.55. The number of Topliss-reactive ketones (excluding diaryl/α,β-unsaturated/α-hetero) is 1. The van der Waals surface area contributed by atoms with Gasteiger partial charge in [-0.05, 0) is 42.2 Å². The van der Waals surface area contributed by atoms with Gasteiger partial charge in [-0.3, -0.25) is 4.79 Å². The van der Waals surface area contributed by atoms with Crippen LogP contribution in [0.5, 0.6) is 0 Å². The van der Waals surface area contributed by atoms with Crippen molar-refractivity contribution in [3.63, 3.8) is 0 Å². The summed E-state index contributed by atoms with van der Waals surface area (Å²) in [5.41, 5.74) is 3.90. The highest BCUT2D eigenvalue weighted by atomic mass is 16.1. The third-order valence-corrected chi connectivity index (χ3v) is 3.39. The number of aryl methyl sites for hydroxylation is 1. The molecule has 0 unspecified atom stereocenters. The van der Waals surface area contributed by atoms with E-state index in [-0.39, 0.29) is 5.78 Å². The molecule has 1 aliphatic carbocycles. The second-order valence-corrected chi connectivity index (χ2v) is 4.52. The van der Waals surface area contributed by atoms with Gasteiger partial charge in [0, 0.05) is 23.4 Å². The Hall–Kier alpha value is -2.34. The first-order chi connectivity index (χ1) is 8.79. The molecule has 0 atom stereocenters. The maximum atomic E-state index is 11.8. The largest absolute Gasteiger partial charge is 0.352 e. The Bertz CT molecular complexity index is 701. The summed E-state index contributed by atoms with van der Waals surface area (Å²) in [6.07, 6.45) is 5.76. The molecule has 0 aliphatic heterocycles. The number of nitrogens with one attached hydrogen (secondary N) is 1. The van der Waals surface area contributed by atoms with E-state index < -0.39 is 0 Å². The molecule has 1 N–H and O–H groups in total. The van der Waals surface area contributed by atoms with Crippen LogP contribution in [0.3, 0.4) is 0 Å². The van der Waals surface area contributed by atoms with Crippen LogP contribution in [0.15, 0.2) is 24.3 Å². The van der Waals surface area contributed by atoms with Gasteiger partial charge in [0.05, 0.1) is 11.8 Å². The summed E-state index contributed by atoms with van der Waals surface area (Å²) in [6.45, 7) is 0. The van der Waals surface area contributed by atoms with Crippen molar-refractivity contribution in [3.05, 3.63) is 41.1 Å². The zero-order valence-corrected chi connectivity index (χ0v) is 9.86. The first-order valence-corrected chi connectivity index (χ1v) is 6.03. The molecule has 0 saturated carbocycles. The van der Waals surface area contributed by atoms with Gasteiger partial charge >= 0.3 is 0 Å². The Morgan fingerprint density at radius 3 is 3.06 bits per heavy atom. The molecule has 1 aromatic carbocycles. The highest BCUT2D eigenvalue weighted by Crippen LogP contribution is 2.29. The molecule has 1 aromatic heterocycles. The van der Waals surface area contributed by atoms with Gasteiger partial charge in [0.1, 0.15) is 0 Å². The van der Waals surface area contributed by atoms with Crippen molar-refractivity contribution >= 4 is 22.8 Å². The van der Waals surface area contributed by atoms with Gasteiger partial charge in [-0.25, -0.2) is 0 Å². The van der Waals surface area contributed by atoms with E-state index >= 15 is 0 Å². The van der Waals surface area contributed by atoms with E-state index in [1.165, 1.54) is 6.08 Å². The molecular weight excluding hydrogens is 224 g/mol. The summed E-state index contributed by atoms with van der Waals surface area (Å²) >= 11 is 0. The molecule has 0 fully saturated rings. The monoisotopic (exact) mass is 236 g/mol. The Morgan fingerprint density at radius 2 is 2.22 bits per heavy atom. The van der Waals surface area contributed by atoms with E-state index in [4.69, 9.17) is 5.26 Å². The van der Waals surface area contributed by atoms with Gasteiger partial charge in [0.15, 0.2) is 5.78 Å². The maximum Gasteiger partial charge on any atom is 0.179 e. The maximum absolute atomic E-state index is 11.8. The lowest BCUT2D eigenvalue weighted by molar-refractivity contribution is 0.0968. The number of nitrogens with zero attached hydrogens (tertiary/aromatic N) is 1. The lowest BCUT2D eigenvalue weighted by Crippen LogP contribution is -2.09. The summed E-state index contributed by atoms with van der Waals surface area (Å²) in [4.78, 5) is 15.0. The number of aromatic nitrogens is 1. The predicted octanol–water partition coefficient (Wildman–Crippen LogP) is 3.22. The molecule has 18 heavy (non-hydrogen) atoms. The highest BCUT2D eigenvalue weighted by molar-refractivity contribution is 6.03. The number of allylic oxidation sites excluding steroid dienone is 1. The summed E-state index contributed by atoms with van der Waals surface area (Å²) in [5.74, 6) is 0.210. The van der Waals surface area contributed by atoms with E-state index in [1.54, 1.807) is 6.08 Å². The molecule has 0 saturated heterocycles. The number of fused-ring (bicyclic) bond motifs is 3. The van der Waals surface area contributed by atoms with Crippen LogP contribution in [-0.4, -0.2) is 10.8 Å².